The first-order valence-corrected chi connectivity index (χ1v) is 8.85. The molecule has 0 aliphatic carbocycles. The highest BCUT2D eigenvalue weighted by molar-refractivity contribution is 7.89. The largest absolute Gasteiger partial charge is 0.343 e. The number of nitrogens with zero attached hydrogens (tertiary/aromatic N) is 2. The third kappa shape index (κ3) is 3.92. The van der Waals surface area contributed by atoms with Gasteiger partial charge < -0.3 is 4.90 Å². The van der Waals surface area contributed by atoms with Crippen LogP contribution in [0, 0.1) is 5.92 Å². The molecule has 0 spiro atoms. The lowest BCUT2D eigenvalue weighted by Crippen LogP contribution is -2.39. The van der Waals surface area contributed by atoms with Crippen molar-refractivity contribution >= 4 is 15.9 Å². The van der Waals surface area contributed by atoms with E-state index in [1.54, 1.807) is 0 Å². The molecular weight excluding hydrogens is 264 g/mol. The number of sulfonamides is 1. The van der Waals surface area contributed by atoms with Gasteiger partial charge in [-0.25, -0.2) is 12.7 Å². The lowest BCUT2D eigenvalue weighted by molar-refractivity contribution is -0.132. The molecule has 2 heterocycles. The molecule has 0 bridgehead atoms. The number of piperidine rings is 1. The molecule has 0 radical (unpaired) electrons. The first-order valence-electron chi connectivity index (χ1n) is 7.24. The number of amides is 1. The van der Waals surface area contributed by atoms with E-state index in [4.69, 9.17) is 0 Å². The predicted molar refractivity (Wildman–Crippen MR) is 74.2 cm³/mol. The lowest BCUT2D eigenvalue weighted by atomic mass is 9.99. The third-order valence-corrected chi connectivity index (χ3v) is 6.04. The molecule has 0 atom stereocenters. The number of carbonyl (C=O) groups excluding carboxylic acids is 1. The Kier molecular flexibility index (Phi) is 4.84. The van der Waals surface area contributed by atoms with E-state index in [0.29, 0.717) is 19.0 Å². The van der Waals surface area contributed by atoms with Crippen LogP contribution in [-0.4, -0.2) is 55.5 Å². The summed E-state index contributed by atoms with van der Waals surface area (Å²) in [6.07, 6.45) is 4.08. The van der Waals surface area contributed by atoms with Gasteiger partial charge in [0.2, 0.25) is 15.9 Å². The van der Waals surface area contributed by atoms with Gasteiger partial charge in [0.25, 0.3) is 0 Å². The van der Waals surface area contributed by atoms with Gasteiger partial charge in [-0.15, -0.1) is 0 Å². The molecule has 6 heteroatoms. The van der Waals surface area contributed by atoms with Gasteiger partial charge in [0.1, 0.15) is 0 Å². The first kappa shape index (κ1) is 14.8. The summed E-state index contributed by atoms with van der Waals surface area (Å²) in [5, 5.41) is 0. The summed E-state index contributed by atoms with van der Waals surface area (Å²) < 4.78 is 25.6. The zero-order valence-electron chi connectivity index (χ0n) is 11.7. The van der Waals surface area contributed by atoms with Crippen LogP contribution in [0.5, 0.6) is 0 Å². The molecule has 0 N–H and O–H groups in total. The molecule has 0 unspecified atom stereocenters. The normalized spacial score (nSPS) is 22.9. The minimum Gasteiger partial charge on any atom is -0.343 e. The summed E-state index contributed by atoms with van der Waals surface area (Å²) in [5.74, 6) is 0.643. The van der Waals surface area contributed by atoms with E-state index in [1.165, 1.54) is 4.31 Å². The second kappa shape index (κ2) is 6.22. The van der Waals surface area contributed by atoms with Gasteiger partial charge in [-0.3, -0.25) is 4.79 Å². The van der Waals surface area contributed by atoms with Crippen LogP contribution in [0.2, 0.25) is 0 Å². The van der Waals surface area contributed by atoms with Gasteiger partial charge in [-0.2, -0.15) is 0 Å². The van der Waals surface area contributed by atoms with Crippen LogP contribution in [0.15, 0.2) is 0 Å². The van der Waals surface area contributed by atoms with Crippen molar-refractivity contribution in [1.82, 2.24) is 9.21 Å². The minimum atomic E-state index is -3.22. The fourth-order valence-electron chi connectivity index (χ4n) is 2.73. The van der Waals surface area contributed by atoms with Gasteiger partial charge in [-0.05, 0) is 31.6 Å². The zero-order chi connectivity index (χ0) is 13.9. The summed E-state index contributed by atoms with van der Waals surface area (Å²) in [6, 6.07) is 0. The molecule has 110 valence electrons. The number of hydrogen-bond donors (Lipinski definition) is 0. The maximum absolute atomic E-state index is 12.0. The Labute approximate surface area is 116 Å². The summed E-state index contributed by atoms with van der Waals surface area (Å²) >= 11 is 0. The first-order chi connectivity index (χ1) is 8.99. The highest BCUT2D eigenvalue weighted by atomic mass is 32.2. The molecule has 0 saturated carbocycles. The Morgan fingerprint density at radius 3 is 2.26 bits per heavy atom. The topological polar surface area (TPSA) is 57.7 Å². The molecule has 0 aromatic carbocycles. The van der Waals surface area contributed by atoms with E-state index in [0.717, 1.165) is 38.8 Å². The third-order valence-electron chi connectivity index (χ3n) is 4.17. The smallest absolute Gasteiger partial charge is 0.223 e. The summed E-state index contributed by atoms with van der Waals surface area (Å²) in [6.45, 7) is 5.00. The molecule has 1 amide bonds. The van der Waals surface area contributed by atoms with Gasteiger partial charge in [0.15, 0.2) is 0 Å². The maximum Gasteiger partial charge on any atom is 0.223 e. The maximum atomic E-state index is 12.0. The predicted octanol–water partition coefficient (Wildman–Crippen LogP) is 1.06. The van der Waals surface area contributed by atoms with E-state index in [9.17, 15) is 13.2 Å². The minimum absolute atomic E-state index is 0.00493. The van der Waals surface area contributed by atoms with Crippen LogP contribution in [-0.2, 0) is 14.8 Å². The SMILES string of the molecule is CC1CCN(C(=O)CCS(=O)(=O)N2CCCC2)CC1. The fraction of sp³-hybridized carbons (Fsp3) is 0.923. The lowest BCUT2D eigenvalue weighted by Gasteiger charge is -2.30. The van der Waals surface area contributed by atoms with E-state index in [1.807, 2.05) is 4.90 Å². The Hall–Kier alpha value is -0.620. The molecule has 19 heavy (non-hydrogen) atoms. The average molecular weight is 288 g/mol. The van der Waals surface area contributed by atoms with Crippen LogP contribution in [0.1, 0.15) is 39.0 Å². The van der Waals surface area contributed by atoms with Crippen molar-refractivity contribution in [3.63, 3.8) is 0 Å². The van der Waals surface area contributed by atoms with Crippen LogP contribution in [0.3, 0.4) is 0 Å². The van der Waals surface area contributed by atoms with Crippen LogP contribution in [0.25, 0.3) is 0 Å². The molecule has 2 aliphatic rings. The average Bonchev–Trinajstić information content (AvgIpc) is 2.91. The number of rotatable bonds is 4. The van der Waals surface area contributed by atoms with Gasteiger partial charge in [0, 0.05) is 32.6 Å². The molecule has 0 aromatic rings. The summed E-state index contributed by atoms with van der Waals surface area (Å²) in [4.78, 5) is 13.8. The Morgan fingerprint density at radius 2 is 1.68 bits per heavy atom. The van der Waals surface area contributed by atoms with Crippen molar-refractivity contribution in [2.24, 2.45) is 5.92 Å². The van der Waals surface area contributed by atoms with Crippen molar-refractivity contribution in [3.05, 3.63) is 0 Å². The van der Waals surface area contributed by atoms with Crippen molar-refractivity contribution in [2.75, 3.05) is 31.9 Å². The van der Waals surface area contributed by atoms with Crippen molar-refractivity contribution in [1.29, 1.82) is 0 Å². The van der Waals surface area contributed by atoms with E-state index >= 15 is 0 Å². The molecule has 0 aromatic heterocycles. The summed E-state index contributed by atoms with van der Waals surface area (Å²) in [7, 11) is -3.22. The van der Waals surface area contributed by atoms with E-state index in [-0.39, 0.29) is 18.1 Å². The number of carbonyl (C=O) groups is 1. The molecule has 2 saturated heterocycles. The second-order valence-electron chi connectivity index (χ2n) is 5.74. The monoisotopic (exact) mass is 288 g/mol. The Balaban J connectivity index is 1.79. The zero-order valence-corrected chi connectivity index (χ0v) is 12.5. The van der Waals surface area contributed by atoms with Crippen molar-refractivity contribution in [2.45, 2.75) is 39.0 Å². The highest BCUT2D eigenvalue weighted by Gasteiger charge is 2.27. The Bertz CT molecular complexity index is 408. The van der Waals surface area contributed by atoms with Crippen molar-refractivity contribution in [3.8, 4) is 0 Å². The molecule has 2 fully saturated rings. The molecule has 2 aliphatic heterocycles. The number of hydrogen-bond acceptors (Lipinski definition) is 3. The highest BCUT2D eigenvalue weighted by Crippen LogP contribution is 2.18. The van der Waals surface area contributed by atoms with Crippen LogP contribution < -0.4 is 0 Å². The number of likely N-dealkylation sites (tertiary alicyclic amines) is 1. The van der Waals surface area contributed by atoms with E-state index in [2.05, 4.69) is 6.92 Å². The summed E-state index contributed by atoms with van der Waals surface area (Å²) in [5.41, 5.74) is 0. The Morgan fingerprint density at radius 1 is 1.11 bits per heavy atom. The van der Waals surface area contributed by atoms with Gasteiger partial charge in [0.05, 0.1) is 5.75 Å². The molecule has 5 nitrogen and oxygen atoms in total. The molecular formula is C13H24N2O3S. The van der Waals surface area contributed by atoms with Gasteiger partial charge >= 0.3 is 0 Å². The van der Waals surface area contributed by atoms with Crippen LogP contribution >= 0.6 is 0 Å². The standard InChI is InChI=1S/C13H24N2O3S/c1-12-4-9-14(10-5-12)13(16)6-11-19(17,18)15-7-2-3-8-15/h12H,2-11H2,1H3. The van der Waals surface area contributed by atoms with Gasteiger partial charge in [-0.1, -0.05) is 6.92 Å². The van der Waals surface area contributed by atoms with Crippen LogP contribution in [0.4, 0.5) is 0 Å². The van der Waals surface area contributed by atoms with E-state index < -0.39 is 10.0 Å². The quantitative estimate of drug-likeness (QED) is 0.777. The second-order valence-corrected chi connectivity index (χ2v) is 7.82. The molecule has 2 rings (SSSR count). The fourth-order valence-corrected chi connectivity index (χ4v) is 4.23. The van der Waals surface area contributed by atoms with Crippen molar-refractivity contribution < 1.29 is 13.2 Å².